The molecule has 5 heteroatoms. The fourth-order valence-corrected chi connectivity index (χ4v) is 1.06. The first-order valence-corrected chi connectivity index (χ1v) is 4.38. The van der Waals surface area contributed by atoms with Gasteiger partial charge in [0.15, 0.2) is 0 Å². The molecule has 1 aromatic heterocycles. The molecule has 0 saturated carbocycles. The highest BCUT2D eigenvalue weighted by atomic mass is 16.4. The van der Waals surface area contributed by atoms with Gasteiger partial charge in [0.05, 0.1) is 6.54 Å². The van der Waals surface area contributed by atoms with E-state index in [0.717, 1.165) is 17.8 Å². The van der Waals surface area contributed by atoms with Crippen molar-refractivity contribution in [3.8, 4) is 0 Å². The molecule has 0 aromatic carbocycles. The van der Waals surface area contributed by atoms with Gasteiger partial charge in [0, 0.05) is 31.1 Å². The van der Waals surface area contributed by atoms with Gasteiger partial charge < -0.3 is 15.0 Å². The van der Waals surface area contributed by atoms with Gasteiger partial charge in [0.1, 0.15) is 0 Å². The molecule has 80 valence electrons. The summed E-state index contributed by atoms with van der Waals surface area (Å²) >= 11 is 0. The van der Waals surface area contributed by atoms with Crippen molar-refractivity contribution in [3.05, 3.63) is 36.2 Å². The maximum absolute atomic E-state index is 11.1. The first-order valence-electron chi connectivity index (χ1n) is 4.38. The molecule has 1 rings (SSSR count). The highest BCUT2D eigenvalue weighted by molar-refractivity contribution is 5.93. The van der Waals surface area contributed by atoms with Gasteiger partial charge in [-0.15, -0.1) is 0 Å². The lowest BCUT2D eigenvalue weighted by atomic mass is 10.4. The van der Waals surface area contributed by atoms with Crippen molar-refractivity contribution in [2.24, 2.45) is 7.05 Å². The highest BCUT2D eigenvalue weighted by Crippen LogP contribution is 1.98. The van der Waals surface area contributed by atoms with Crippen molar-refractivity contribution in [1.82, 2.24) is 9.88 Å². The molecular weight excluding hydrogens is 196 g/mol. The van der Waals surface area contributed by atoms with E-state index in [4.69, 9.17) is 5.11 Å². The van der Waals surface area contributed by atoms with E-state index in [9.17, 15) is 9.59 Å². The zero-order chi connectivity index (χ0) is 11.3. The summed E-state index contributed by atoms with van der Waals surface area (Å²) in [5.41, 5.74) is 0.951. The van der Waals surface area contributed by atoms with E-state index in [1.54, 1.807) is 0 Å². The lowest BCUT2D eigenvalue weighted by molar-refractivity contribution is -0.131. The van der Waals surface area contributed by atoms with E-state index >= 15 is 0 Å². The molecule has 0 unspecified atom stereocenters. The van der Waals surface area contributed by atoms with E-state index in [2.05, 4.69) is 5.32 Å². The molecule has 1 amide bonds. The Hall–Kier alpha value is -2.04. The van der Waals surface area contributed by atoms with Crippen LogP contribution in [-0.4, -0.2) is 21.6 Å². The number of aromatic nitrogens is 1. The molecule has 0 atom stereocenters. The van der Waals surface area contributed by atoms with Gasteiger partial charge in [-0.2, -0.15) is 0 Å². The van der Waals surface area contributed by atoms with Gasteiger partial charge in [-0.3, -0.25) is 4.79 Å². The van der Waals surface area contributed by atoms with E-state index < -0.39 is 11.9 Å². The molecule has 1 aromatic rings. The average molecular weight is 208 g/mol. The van der Waals surface area contributed by atoms with E-state index in [1.807, 2.05) is 29.9 Å². The number of aryl methyl sites for hydroxylation is 1. The molecule has 0 bridgehead atoms. The van der Waals surface area contributed by atoms with Crippen molar-refractivity contribution in [1.29, 1.82) is 0 Å². The summed E-state index contributed by atoms with van der Waals surface area (Å²) in [6.07, 6.45) is 3.67. The Morgan fingerprint density at radius 2 is 2.27 bits per heavy atom. The average Bonchev–Trinajstić information content (AvgIpc) is 2.58. The summed E-state index contributed by atoms with van der Waals surface area (Å²) in [7, 11) is 1.87. The number of carbonyl (C=O) groups excluding carboxylic acids is 1. The number of nitrogens with one attached hydrogen (secondary N) is 1. The van der Waals surface area contributed by atoms with E-state index in [0.29, 0.717) is 6.54 Å². The van der Waals surface area contributed by atoms with Crippen LogP contribution in [0.5, 0.6) is 0 Å². The van der Waals surface area contributed by atoms with Gasteiger partial charge in [-0.05, 0) is 12.1 Å². The molecule has 15 heavy (non-hydrogen) atoms. The number of amides is 1. The molecule has 5 nitrogen and oxygen atoms in total. The zero-order valence-electron chi connectivity index (χ0n) is 8.30. The third-order valence-corrected chi connectivity index (χ3v) is 1.87. The first kappa shape index (κ1) is 11.0. The van der Waals surface area contributed by atoms with Gasteiger partial charge in [-0.25, -0.2) is 4.79 Å². The summed E-state index contributed by atoms with van der Waals surface area (Å²) < 4.78 is 1.88. The van der Waals surface area contributed by atoms with Crippen molar-refractivity contribution in [2.45, 2.75) is 6.54 Å². The smallest absolute Gasteiger partial charge is 0.328 e. The number of hydrogen-bond donors (Lipinski definition) is 2. The number of carboxylic acid groups (broad SMARTS) is 1. The number of rotatable bonds is 4. The molecule has 2 N–H and O–H groups in total. The molecule has 1 heterocycles. The van der Waals surface area contributed by atoms with Gasteiger partial charge in [0.25, 0.3) is 0 Å². The Balaban J connectivity index is 2.41. The Morgan fingerprint density at radius 3 is 2.80 bits per heavy atom. The SMILES string of the molecule is Cn1cccc1CNC(=O)/C=C/C(=O)O. The van der Waals surface area contributed by atoms with Gasteiger partial charge >= 0.3 is 5.97 Å². The van der Waals surface area contributed by atoms with Gasteiger partial charge in [-0.1, -0.05) is 0 Å². The number of carbonyl (C=O) groups is 2. The topological polar surface area (TPSA) is 71.3 Å². The summed E-state index contributed by atoms with van der Waals surface area (Å²) in [6, 6.07) is 3.75. The first-order chi connectivity index (χ1) is 7.09. The molecule has 0 spiro atoms. The van der Waals surface area contributed by atoms with Gasteiger partial charge in [0.2, 0.25) is 5.91 Å². The van der Waals surface area contributed by atoms with Crippen LogP contribution >= 0.6 is 0 Å². The summed E-state index contributed by atoms with van der Waals surface area (Å²) in [5.74, 6) is -1.55. The molecular formula is C10H12N2O3. The lowest BCUT2D eigenvalue weighted by Crippen LogP contribution is -2.21. The second-order valence-electron chi connectivity index (χ2n) is 3.00. The minimum Gasteiger partial charge on any atom is -0.478 e. The second-order valence-corrected chi connectivity index (χ2v) is 3.00. The van der Waals surface area contributed by atoms with Crippen LogP contribution in [0, 0.1) is 0 Å². The van der Waals surface area contributed by atoms with Crippen LogP contribution in [0.1, 0.15) is 5.69 Å². The fraction of sp³-hybridized carbons (Fsp3) is 0.200. The predicted molar refractivity (Wildman–Crippen MR) is 54.0 cm³/mol. The predicted octanol–water partition coefficient (Wildman–Crippen LogP) is 0.282. The monoisotopic (exact) mass is 208 g/mol. The van der Waals surface area contributed by atoms with Crippen molar-refractivity contribution in [3.63, 3.8) is 0 Å². The second kappa shape index (κ2) is 4.99. The quantitative estimate of drug-likeness (QED) is 0.698. The maximum atomic E-state index is 11.1. The fourth-order valence-electron chi connectivity index (χ4n) is 1.06. The largest absolute Gasteiger partial charge is 0.478 e. The number of carboxylic acids is 1. The maximum Gasteiger partial charge on any atom is 0.328 e. The van der Waals surface area contributed by atoms with Crippen molar-refractivity contribution >= 4 is 11.9 Å². The molecule has 0 saturated heterocycles. The standard InChI is InChI=1S/C10H12N2O3/c1-12-6-2-3-8(12)7-11-9(13)4-5-10(14)15/h2-6H,7H2,1H3,(H,11,13)(H,14,15)/b5-4+. The minimum absolute atomic E-state index is 0.381. The minimum atomic E-state index is -1.14. The Labute approximate surface area is 87.0 Å². The lowest BCUT2D eigenvalue weighted by Gasteiger charge is -2.03. The van der Waals surface area contributed by atoms with Crippen molar-refractivity contribution in [2.75, 3.05) is 0 Å². The van der Waals surface area contributed by atoms with Crippen molar-refractivity contribution < 1.29 is 14.7 Å². The number of hydrogen-bond acceptors (Lipinski definition) is 2. The van der Waals surface area contributed by atoms with Crippen LogP contribution < -0.4 is 5.32 Å². The van der Waals surface area contributed by atoms with Crippen LogP contribution in [0.2, 0.25) is 0 Å². The number of nitrogens with zero attached hydrogens (tertiary/aromatic N) is 1. The molecule has 0 aliphatic rings. The Bertz CT molecular complexity index is 393. The molecule has 0 fully saturated rings. The Kier molecular flexibility index (Phi) is 3.68. The summed E-state index contributed by atoms with van der Waals surface area (Å²) in [5, 5.41) is 10.9. The highest BCUT2D eigenvalue weighted by Gasteiger charge is 1.99. The molecule has 0 radical (unpaired) electrons. The Morgan fingerprint density at radius 1 is 1.53 bits per heavy atom. The van der Waals surface area contributed by atoms with Crippen LogP contribution in [0.15, 0.2) is 30.5 Å². The summed E-state index contributed by atoms with van der Waals surface area (Å²) in [4.78, 5) is 21.2. The third-order valence-electron chi connectivity index (χ3n) is 1.87. The summed E-state index contributed by atoms with van der Waals surface area (Å²) in [6.45, 7) is 0.381. The zero-order valence-corrected chi connectivity index (χ0v) is 8.30. The van der Waals surface area contributed by atoms with E-state index in [1.165, 1.54) is 0 Å². The van der Waals surface area contributed by atoms with E-state index in [-0.39, 0.29) is 0 Å². The molecule has 0 aliphatic heterocycles. The molecule has 0 aliphatic carbocycles. The van der Waals surface area contributed by atoms with Crippen LogP contribution in [0.3, 0.4) is 0 Å². The number of aliphatic carboxylic acids is 1. The van der Waals surface area contributed by atoms with Crippen LogP contribution in [0.4, 0.5) is 0 Å². The van der Waals surface area contributed by atoms with Crippen LogP contribution in [-0.2, 0) is 23.2 Å². The third kappa shape index (κ3) is 3.68. The normalized spacial score (nSPS) is 10.5. The van der Waals surface area contributed by atoms with Crippen LogP contribution in [0.25, 0.3) is 0 Å².